The molecule has 0 radical (unpaired) electrons. The third-order valence-electron chi connectivity index (χ3n) is 3.97. The number of hydrogen-bond acceptors (Lipinski definition) is 8. The molecule has 0 aliphatic carbocycles. The highest BCUT2D eigenvalue weighted by molar-refractivity contribution is 7.89. The molecule has 28 heavy (non-hydrogen) atoms. The number of hydrogen-bond donors (Lipinski definition) is 1. The van der Waals surface area contributed by atoms with E-state index in [4.69, 9.17) is 27.9 Å². The van der Waals surface area contributed by atoms with Crippen molar-refractivity contribution in [2.45, 2.75) is 11.4 Å². The number of rotatable bonds is 6. The van der Waals surface area contributed by atoms with Crippen LogP contribution in [0.2, 0.25) is 10.0 Å². The van der Waals surface area contributed by atoms with Crippen LogP contribution in [0.3, 0.4) is 0 Å². The quantitative estimate of drug-likeness (QED) is 0.712. The lowest BCUT2D eigenvalue weighted by Gasteiger charge is -2.27. The van der Waals surface area contributed by atoms with Crippen LogP contribution < -0.4 is 14.5 Å². The van der Waals surface area contributed by atoms with Gasteiger partial charge in [-0.1, -0.05) is 23.2 Å². The lowest BCUT2D eigenvalue weighted by molar-refractivity contribution is 0.122. The summed E-state index contributed by atoms with van der Waals surface area (Å²) in [7, 11) is -0.194. The van der Waals surface area contributed by atoms with Gasteiger partial charge in [0.1, 0.15) is 0 Å². The number of halogens is 2. The third kappa shape index (κ3) is 5.00. The van der Waals surface area contributed by atoms with Crippen LogP contribution in [0.15, 0.2) is 23.1 Å². The lowest BCUT2D eigenvalue weighted by Crippen LogP contribution is -2.38. The SMILES string of the molecule is CN(C)c1nc(CNS(=O)(=O)c2ccc(Cl)c(Cl)c2)nc(N2CCOCC2)n1. The Kier molecular flexibility index (Phi) is 6.56. The number of benzene rings is 1. The summed E-state index contributed by atoms with van der Waals surface area (Å²) in [5.74, 6) is 1.25. The number of nitrogens with one attached hydrogen (secondary N) is 1. The van der Waals surface area contributed by atoms with E-state index in [-0.39, 0.29) is 21.5 Å². The Morgan fingerprint density at radius 1 is 1.14 bits per heavy atom. The molecule has 152 valence electrons. The molecule has 0 spiro atoms. The monoisotopic (exact) mass is 446 g/mol. The molecule has 1 N–H and O–H groups in total. The standard InChI is InChI=1S/C16H20Cl2N6O3S/c1-23(2)15-20-14(21-16(22-15)24-5-7-27-8-6-24)10-19-28(25,26)11-3-4-12(17)13(18)9-11/h3-4,9,19H,5-8,10H2,1-2H3. The Hall–Kier alpha value is -1.72. The van der Waals surface area contributed by atoms with E-state index in [1.165, 1.54) is 18.2 Å². The Bertz CT molecular complexity index is 951. The summed E-state index contributed by atoms with van der Waals surface area (Å²) in [6.45, 7) is 2.39. The smallest absolute Gasteiger partial charge is 0.241 e. The van der Waals surface area contributed by atoms with Crippen molar-refractivity contribution in [1.82, 2.24) is 19.7 Å². The molecule has 0 atom stereocenters. The van der Waals surface area contributed by atoms with Gasteiger partial charge in [0, 0.05) is 27.2 Å². The van der Waals surface area contributed by atoms with E-state index < -0.39 is 10.0 Å². The molecule has 9 nitrogen and oxygen atoms in total. The van der Waals surface area contributed by atoms with Crippen LogP contribution in [0.1, 0.15) is 5.82 Å². The fraction of sp³-hybridized carbons (Fsp3) is 0.438. The minimum Gasteiger partial charge on any atom is -0.378 e. The van der Waals surface area contributed by atoms with Crippen molar-refractivity contribution < 1.29 is 13.2 Å². The predicted molar refractivity (Wildman–Crippen MR) is 108 cm³/mol. The van der Waals surface area contributed by atoms with Crippen molar-refractivity contribution in [3.8, 4) is 0 Å². The zero-order valence-electron chi connectivity index (χ0n) is 15.4. The molecule has 0 amide bonds. The van der Waals surface area contributed by atoms with E-state index in [0.717, 1.165) is 0 Å². The summed E-state index contributed by atoms with van der Waals surface area (Å²) in [4.78, 5) is 16.9. The van der Waals surface area contributed by atoms with Gasteiger partial charge in [0.05, 0.1) is 34.7 Å². The first-order valence-corrected chi connectivity index (χ1v) is 10.7. The van der Waals surface area contributed by atoms with Gasteiger partial charge >= 0.3 is 0 Å². The number of ether oxygens (including phenoxy) is 1. The average molecular weight is 447 g/mol. The van der Waals surface area contributed by atoms with E-state index in [1.54, 1.807) is 4.90 Å². The van der Waals surface area contributed by atoms with Crippen molar-refractivity contribution >= 4 is 45.1 Å². The predicted octanol–water partition coefficient (Wildman–Crippen LogP) is 1.56. The van der Waals surface area contributed by atoms with E-state index in [2.05, 4.69) is 19.7 Å². The van der Waals surface area contributed by atoms with Crippen molar-refractivity contribution in [2.24, 2.45) is 0 Å². The Morgan fingerprint density at radius 2 is 1.86 bits per heavy atom. The van der Waals surface area contributed by atoms with Gasteiger partial charge in [-0.2, -0.15) is 15.0 Å². The first-order valence-electron chi connectivity index (χ1n) is 8.46. The molecule has 2 aromatic rings. The van der Waals surface area contributed by atoms with Crippen molar-refractivity contribution in [2.75, 3.05) is 50.2 Å². The largest absolute Gasteiger partial charge is 0.378 e. The highest BCUT2D eigenvalue weighted by atomic mass is 35.5. The fourth-order valence-electron chi connectivity index (χ4n) is 2.47. The molecule has 1 aliphatic heterocycles. The molecule has 0 unspecified atom stereocenters. The van der Waals surface area contributed by atoms with E-state index >= 15 is 0 Å². The molecule has 0 saturated carbocycles. The molecule has 1 aliphatic rings. The van der Waals surface area contributed by atoms with E-state index in [0.29, 0.717) is 44.0 Å². The van der Waals surface area contributed by atoms with Crippen LogP contribution in [0.25, 0.3) is 0 Å². The Morgan fingerprint density at radius 3 is 2.50 bits per heavy atom. The zero-order chi connectivity index (χ0) is 20.3. The highest BCUT2D eigenvalue weighted by Gasteiger charge is 2.20. The molecule has 2 heterocycles. The summed E-state index contributed by atoms with van der Waals surface area (Å²) in [6.07, 6.45) is 0. The minimum absolute atomic E-state index is 0.0113. The first-order chi connectivity index (χ1) is 13.3. The highest BCUT2D eigenvalue weighted by Crippen LogP contribution is 2.24. The number of anilines is 2. The van der Waals surface area contributed by atoms with Crippen LogP contribution in [-0.2, 0) is 21.3 Å². The zero-order valence-corrected chi connectivity index (χ0v) is 17.7. The van der Waals surface area contributed by atoms with Crippen LogP contribution in [0, 0.1) is 0 Å². The van der Waals surface area contributed by atoms with Crippen LogP contribution in [-0.4, -0.2) is 63.8 Å². The summed E-state index contributed by atoms with van der Waals surface area (Å²) in [6, 6.07) is 4.11. The number of morpholine rings is 1. The maximum atomic E-state index is 12.6. The second-order valence-electron chi connectivity index (χ2n) is 6.25. The normalized spacial score (nSPS) is 14.9. The van der Waals surface area contributed by atoms with Gasteiger partial charge in [-0.05, 0) is 18.2 Å². The second kappa shape index (κ2) is 8.75. The van der Waals surface area contributed by atoms with Gasteiger partial charge in [-0.3, -0.25) is 0 Å². The van der Waals surface area contributed by atoms with Crippen LogP contribution >= 0.6 is 23.2 Å². The van der Waals surface area contributed by atoms with Crippen molar-refractivity contribution in [1.29, 1.82) is 0 Å². The molecular formula is C16H20Cl2N6O3S. The molecule has 1 fully saturated rings. The van der Waals surface area contributed by atoms with E-state index in [9.17, 15) is 8.42 Å². The molecule has 12 heteroatoms. The van der Waals surface area contributed by atoms with E-state index in [1.807, 2.05) is 19.0 Å². The molecular weight excluding hydrogens is 427 g/mol. The van der Waals surface area contributed by atoms with Gasteiger partial charge in [0.2, 0.25) is 21.9 Å². The van der Waals surface area contributed by atoms with Gasteiger partial charge in [-0.15, -0.1) is 0 Å². The molecule has 1 aromatic carbocycles. The first kappa shape index (κ1) is 21.0. The average Bonchev–Trinajstić information content (AvgIpc) is 2.69. The van der Waals surface area contributed by atoms with Crippen LogP contribution in [0.5, 0.6) is 0 Å². The number of aromatic nitrogens is 3. The molecule has 3 rings (SSSR count). The van der Waals surface area contributed by atoms with Gasteiger partial charge in [0.25, 0.3) is 0 Å². The Labute approximate surface area is 173 Å². The fourth-order valence-corrected chi connectivity index (χ4v) is 3.83. The third-order valence-corrected chi connectivity index (χ3v) is 6.11. The van der Waals surface area contributed by atoms with Crippen LogP contribution in [0.4, 0.5) is 11.9 Å². The molecule has 0 bridgehead atoms. The lowest BCUT2D eigenvalue weighted by atomic mass is 10.4. The number of nitrogens with zero attached hydrogens (tertiary/aromatic N) is 5. The van der Waals surface area contributed by atoms with Crippen molar-refractivity contribution in [3.05, 3.63) is 34.1 Å². The Balaban J connectivity index is 1.82. The summed E-state index contributed by atoms with van der Waals surface area (Å²) < 4.78 is 32.9. The molecule has 1 saturated heterocycles. The minimum atomic E-state index is -3.81. The van der Waals surface area contributed by atoms with Crippen molar-refractivity contribution in [3.63, 3.8) is 0 Å². The molecule has 1 aromatic heterocycles. The van der Waals surface area contributed by atoms with Gasteiger partial charge in [-0.25, -0.2) is 13.1 Å². The summed E-state index contributed by atoms with van der Waals surface area (Å²) in [5, 5.41) is 0.443. The summed E-state index contributed by atoms with van der Waals surface area (Å²) in [5.41, 5.74) is 0. The maximum absolute atomic E-state index is 12.6. The summed E-state index contributed by atoms with van der Waals surface area (Å²) >= 11 is 11.8. The van der Waals surface area contributed by atoms with Gasteiger partial charge < -0.3 is 14.5 Å². The number of sulfonamides is 1. The topological polar surface area (TPSA) is 101 Å². The second-order valence-corrected chi connectivity index (χ2v) is 8.83. The van der Waals surface area contributed by atoms with Gasteiger partial charge in [0.15, 0.2) is 5.82 Å². The maximum Gasteiger partial charge on any atom is 0.241 e.